The number of rotatable bonds is 4. The molecule has 0 bridgehead atoms. The number of nitrogens with one attached hydrogen (secondary N) is 1. The van der Waals surface area contributed by atoms with Crippen LogP contribution < -0.4 is 5.32 Å². The third kappa shape index (κ3) is 3.07. The summed E-state index contributed by atoms with van der Waals surface area (Å²) in [7, 11) is 0. The van der Waals surface area contributed by atoms with Gasteiger partial charge in [0.25, 0.3) is 0 Å². The van der Waals surface area contributed by atoms with Crippen LogP contribution in [0.15, 0.2) is 36.4 Å². The minimum Gasteiger partial charge on any atom is -0.507 e. The molecule has 2 nitrogen and oxygen atoms in total. The molecule has 0 aromatic heterocycles. The van der Waals surface area contributed by atoms with Gasteiger partial charge in [0.1, 0.15) is 5.75 Å². The normalized spacial score (nSPS) is 12.2. The van der Waals surface area contributed by atoms with Crippen molar-refractivity contribution in [1.29, 1.82) is 0 Å². The average Bonchev–Trinajstić information content (AvgIpc) is 2.45. The zero-order valence-corrected chi connectivity index (χ0v) is 12.8. The lowest BCUT2D eigenvalue weighted by Gasteiger charge is -2.21. The van der Waals surface area contributed by atoms with Crippen LogP contribution in [0.3, 0.4) is 0 Å². The van der Waals surface area contributed by atoms with Gasteiger partial charge >= 0.3 is 0 Å². The molecule has 2 N–H and O–H groups in total. The summed E-state index contributed by atoms with van der Waals surface area (Å²) in [4.78, 5) is 0. The van der Waals surface area contributed by atoms with Crippen molar-refractivity contribution in [3.63, 3.8) is 0 Å². The molecule has 2 aromatic rings. The Hall–Kier alpha value is -1.67. The van der Waals surface area contributed by atoms with Crippen LogP contribution in [0.1, 0.15) is 36.1 Å². The zero-order chi connectivity index (χ0) is 14.7. The summed E-state index contributed by atoms with van der Waals surface area (Å²) in [6, 6.07) is 12.0. The molecule has 0 heterocycles. The Bertz CT molecular complexity index is 593. The second-order valence-corrected chi connectivity index (χ2v) is 5.50. The molecule has 0 radical (unpaired) electrons. The zero-order valence-electron chi connectivity index (χ0n) is 12.1. The molecule has 0 saturated heterocycles. The SMILES string of the molecule is CCC(Nc1ccc(C)c(O)c1C)c1ccc(Cl)cc1. The first-order chi connectivity index (χ1) is 9.52. The molecule has 1 unspecified atom stereocenters. The first-order valence-electron chi connectivity index (χ1n) is 6.84. The number of aromatic hydroxyl groups is 1. The Balaban J connectivity index is 2.27. The molecule has 1 atom stereocenters. The van der Waals surface area contributed by atoms with Gasteiger partial charge < -0.3 is 10.4 Å². The number of benzene rings is 2. The molecule has 0 aliphatic rings. The predicted octanol–water partition coefficient (Wildman–Crippen LogP) is 5.23. The molecule has 106 valence electrons. The smallest absolute Gasteiger partial charge is 0.123 e. The standard InChI is InChI=1S/C17H20ClNO/c1-4-15(13-6-8-14(18)9-7-13)19-16-10-5-11(2)17(20)12(16)3/h5-10,15,19-20H,4H2,1-3H3. The molecule has 3 heteroatoms. The van der Waals surface area contributed by atoms with Crippen molar-refractivity contribution in [2.24, 2.45) is 0 Å². The predicted molar refractivity (Wildman–Crippen MR) is 85.7 cm³/mol. The minimum absolute atomic E-state index is 0.202. The first-order valence-corrected chi connectivity index (χ1v) is 7.22. The fraction of sp³-hybridized carbons (Fsp3) is 0.294. The largest absolute Gasteiger partial charge is 0.507 e. The molecule has 2 rings (SSSR count). The van der Waals surface area contributed by atoms with E-state index >= 15 is 0 Å². The summed E-state index contributed by atoms with van der Waals surface area (Å²) in [5.74, 6) is 0.362. The van der Waals surface area contributed by atoms with Gasteiger partial charge in [0.15, 0.2) is 0 Å². The molecule has 0 aliphatic carbocycles. The molecular formula is C17H20ClNO. The maximum atomic E-state index is 10.0. The molecule has 0 spiro atoms. The number of anilines is 1. The number of phenols is 1. The molecule has 2 aromatic carbocycles. The third-order valence-electron chi connectivity index (χ3n) is 3.64. The highest BCUT2D eigenvalue weighted by molar-refractivity contribution is 6.30. The summed E-state index contributed by atoms with van der Waals surface area (Å²) >= 11 is 5.93. The molecule has 0 aliphatic heterocycles. The van der Waals surface area contributed by atoms with Crippen LogP contribution in [0.4, 0.5) is 5.69 Å². The first kappa shape index (κ1) is 14.7. The van der Waals surface area contributed by atoms with Crippen LogP contribution in [0, 0.1) is 13.8 Å². The lowest BCUT2D eigenvalue weighted by Crippen LogP contribution is -2.10. The van der Waals surface area contributed by atoms with Gasteiger partial charge in [-0.05, 0) is 49.6 Å². The maximum absolute atomic E-state index is 10.0. The maximum Gasteiger partial charge on any atom is 0.123 e. The van der Waals surface area contributed by atoms with Crippen LogP contribution >= 0.6 is 11.6 Å². The van der Waals surface area contributed by atoms with Gasteiger partial charge in [-0.3, -0.25) is 0 Å². The van der Waals surface area contributed by atoms with Crippen molar-refractivity contribution in [2.45, 2.75) is 33.2 Å². The third-order valence-corrected chi connectivity index (χ3v) is 3.90. The highest BCUT2D eigenvalue weighted by Gasteiger charge is 2.12. The lowest BCUT2D eigenvalue weighted by atomic mass is 10.0. The van der Waals surface area contributed by atoms with E-state index in [4.69, 9.17) is 11.6 Å². The van der Waals surface area contributed by atoms with E-state index < -0.39 is 0 Å². The van der Waals surface area contributed by atoms with Gasteiger partial charge in [0, 0.05) is 16.3 Å². The Morgan fingerprint density at radius 3 is 2.35 bits per heavy atom. The summed E-state index contributed by atoms with van der Waals surface area (Å²) in [5.41, 5.74) is 3.94. The van der Waals surface area contributed by atoms with E-state index in [2.05, 4.69) is 12.2 Å². The quantitative estimate of drug-likeness (QED) is 0.808. The van der Waals surface area contributed by atoms with E-state index in [1.807, 2.05) is 50.2 Å². The number of phenolic OH excluding ortho intramolecular Hbond substituents is 1. The van der Waals surface area contributed by atoms with Crippen LogP contribution in [0.5, 0.6) is 5.75 Å². The number of halogens is 1. The molecule has 20 heavy (non-hydrogen) atoms. The van der Waals surface area contributed by atoms with Crippen molar-refractivity contribution >= 4 is 17.3 Å². The minimum atomic E-state index is 0.202. The monoisotopic (exact) mass is 289 g/mol. The summed E-state index contributed by atoms with van der Waals surface area (Å²) in [6.07, 6.45) is 0.954. The van der Waals surface area contributed by atoms with Crippen molar-refractivity contribution in [3.05, 3.63) is 58.1 Å². The average molecular weight is 290 g/mol. The van der Waals surface area contributed by atoms with Crippen LogP contribution in [0.2, 0.25) is 5.02 Å². The Kier molecular flexibility index (Phi) is 4.56. The fourth-order valence-electron chi connectivity index (χ4n) is 2.30. The van der Waals surface area contributed by atoms with Crippen molar-refractivity contribution in [1.82, 2.24) is 0 Å². The second-order valence-electron chi connectivity index (χ2n) is 5.06. The molecule has 0 fully saturated rings. The van der Waals surface area contributed by atoms with E-state index in [-0.39, 0.29) is 6.04 Å². The summed E-state index contributed by atoms with van der Waals surface area (Å²) in [6.45, 7) is 5.97. The van der Waals surface area contributed by atoms with Gasteiger partial charge in [-0.1, -0.05) is 36.7 Å². The van der Waals surface area contributed by atoms with Crippen molar-refractivity contribution < 1.29 is 5.11 Å². The van der Waals surface area contributed by atoms with E-state index in [0.717, 1.165) is 28.3 Å². The second kappa shape index (κ2) is 6.19. The van der Waals surface area contributed by atoms with Gasteiger partial charge in [-0.25, -0.2) is 0 Å². The lowest BCUT2D eigenvalue weighted by molar-refractivity contribution is 0.467. The number of hydrogen-bond acceptors (Lipinski definition) is 2. The Morgan fingerprint density at radius 2 is 1.75 bits per heavy atom. The molecule has 0 saturated carbocycles. The highest BCUT2D eigenvalue weighted by Crippen LogP contribution is 2.31. The number of hydrogen-bond donors (Lipinski definition) is 2. The van der Waals surface area contributed by atoms with E-state index in [1.165, 1.54) is 5.56 Å². The van der Waals surface area contributed by atoms with Gasteiger partial charge in [-0.15, -0.1) is 0 Å². The van der Waals surface area contributed by atoms with Crippen molar-refractivity contribution in [3.8, 4) is 5.75 Å². The Labute approximate surface area is 125 Å². The molecule has 0 amide bonds. The number of aryl methyl sites for hydroxylation is 1. The topological polar surface area (TPSA) is 32.3 Å². The molecular weight excluding hydrogens is 270 g/mol. The van der Waals surface area contributed by atoms with Crippen molar-refractivity contribution in [2.75, 3.05) is 5.32 Å². The van der Waals surface area contributed by atoms with Gasteiger partial charge in [0.2, 0.25) is 0 Å². The summed E-state index contributed by atoms with van der Waals surface area (Å²) in [5, 5.41) is 14.3. The van der Waals surface area contributed by atoms with E-state index in [1.54, 1.807) is 0 Å². The van der Waals surface area contributed by atoms with Crippen LogP contribution in [0.25, 0.3) is 0 Å². The highest BCUT2D eigenvalue weighted by atomic mass is 35.5. The van der Waals surface area contributed by atoms with Crippen LogP contribution in [-0.4, -0.2) is 5.11 Å². The Morgan fingerprint density at radius 1 is 1.10 bits per heavy atom. The van der Waals surface area contributed by atoms with E-state index in [9.17, 15) is 5.11 Å². The van der Waals surface area contributed by atoms with E-state index in [0.29, 0.717) is 5.75 Å². The van der Waals surface area contributed by atoms with Gasteiger partial charge in [-0.2, -0.15) is 0 Å². The van der Waals surface area contributed by atoms with Crippen LogP contribution in [-0.2, 0) is 0 Å². The van der Waals surface area contributed by atoms with Gasteiger partial charge in [0.05, 0.1) is 6.04 Å². The fourth-order valence-corrected chi connectivity index (χ4v) is 2.42. The summed E-state index contributed by atoms with van der Waals surface area (Å²) < 4.78 is 0.